The van der Waals surface area contributed by atoms with E-state index in [9.17, 15) is 0 Å². The van der Waals surface area contributed by atoms with Crippen LogP contribution in [0.15, 0.2) is 53.6 Å². The van der Waals surface area contributed by atoms with Crippen LogP contribution in [-0.4, -0.2) is 26.0 Å². The highest BCUT2D eigenvalue weighted by Crippen LogP contribution is 2.23. The molecule has 2 aromatic rings. The highest BCUT2D eigenvalue weighted by Gasteiger charge is 2.26. The van der Waals surface area contributed by atoms with Gasteiger partial charge in [0, 0.05) is 4.91 Å². The summed E-state index contributed by atoms with van der Waals surface area (Å²) in [5.74, 6) is 1.57. The lowest BCUT2D eigenvalue weighted by molar-refractivity contribution is -0.117. The van der Waals surface area contributed by atoms with Gasteiger partial charge >= 0.3 is 0 Å². The quantitative estimate of drug-likeness (QED) is 0.442. The number of nitrogens with zero attached hydrogens (tertiary/aromatic N) is 3. The van der Waals surface area contributed by atoms with E-state index in [1.807, 2.05) is 36.4 Å². The Labute approximate surface area is 147 Å². The monoisotopic (exact) mass is 339 g/mol. The molecule has 6 nitrogen and oxygen atoms in total. The molecule has 0 N–H and O–H groups in total. The maximum absolute atomic E-state index is 8.65. The summed E-state index contributed by atoms with van der Waals surface area (Å²) in [7, 11) is 1.66. The Morgan fingerprint density at radius 2 is 1.72 bits per heavy atom. The van der Waals surface area contributed by atoms with E-state index in [-0.39, 0.29) is 6.04 Å². The van der Waals surface area contributed by atoms with E-state index in [1.165, 1.54) is 11.1 Å². The lowest BCUT2D eigenvalue weighted by Crippen LogP contribution is -2.37. The zero-order chi connectivity index (χ0) is 17.5. The molecule has 25 heavy (non-hydrogen) atoms. The summed E-state index contributed by atoms with van der Waals surface area (Å²) >= 11 is 0. The SMILES string of the molecule is COc1ccc(Cc2ccc(OC3OCCCC3N=[N+]=[N-])cc2)cc1. The average Bonchev–Trinajstić information content (AvgIpc) is 2.66. The Kier molecular flexibility index (Phi) is 5.77. The van der Waals surface area contributed by atoms with E-state index in [2.05, 4.69) is 22.2 Å². The first-order valence-corrected chi connectivity index (χ1v) is 8.33. The van der Waals surface area contributed by atoms with Crippen LogP contribution in [0.25, 0.3) is 10.4 Å². The van der Waals surface area contributed by atoms with Gasteiger partial charge in [-0.25, -0.2) is 0 Å². The summed E-state index contributed by atoms with van der Waals surface area (Å²) in [4.78, 5) is 2.88. The van der Waals surface area contributed by atoms with Crippen molar-refractivity contribution in [1.29, 1.82) is 0 Å². The van der Waals surface area contributed by atoms with Gasteiger partial charge < -0.3 is 14.2 Å². The van der Waals surface area contributed by atoms with Gasteiger partial charge in [-0.3, -0.25) is 0 Å². The lowest BCUT2D eigenvalue weighted by atomic mass is 10.0. The molecule has 2 unspecified atom stereocenters. The minimum Gasteiger partial charge on any atom is -0.497 e. The number of azide groups is 1. The smallest absolute Gasteiger partial charge is 0.208 e. The van der Waals surface area contributed by atoms with E-state index in [0.29, 0.717) is 12.4 Å². The number of ether oxygens (including phenoxy) is 3. The summed E-state index contributed by atoms with van der Waals surface area (Å²) in [6, 6.07) is 15.7. The summed E-state index contributed by atoms with van der Waals surface area (Å²) in [6.07, 6.45) is 1.98. The van der Waals surface area contributed by atoms with Gasteiger partial charge in [-0.05, 0) is 60.2 Å². The van der Waals surface area contributed by atoms with Gasteiger partial charge in [-0.15, -0.1) is 0 Å². The Balaban J connectivity index is 1.62. The van der Waals surface area contributed by atoms with Crippen LogP contribution in [0.5, 0.6) is 11.5 Å². The van der Waals surface area contributed by atoms with Gasteiger partial charge in [0.15, 0.2) is 0 Å². The molecule has 1 fully saturated rings. The Bertz CT molecular complexity index is 725. The molecule has 1 saturated heterocycles. The molecule has 6 heteroatoms. The van der Waals surface area contributed by atoms with Crippen molar-refractivity contribution in [2.75, 3.05) is 13.7 Å². The fraction of sp³-hybridized carbons (Fsp3) is 0.368. The molecule has 0 bridgehead atoms. The molecule has 0 aromatic heterocycles. The van der Waals surface area contributed by atoms with Crippen LogP contribution in [0.3, 0.4) is 0 Å². The first kappa shape index (κ1) is 17.1. The topological polar surface area (TPSA) is 76.5 Å². The minimum atomic E-state index is -0.517. The van der Waals surface area contributed by atoms with Crippen molar-refractivity contribution in [3.63, 3.8) is 0 Å². The number of benzene rings is 2. The normalized spacial score (nSPS) is 19.7. The van der Waals surface area contributed by atoms with Gasteiger partial charge in [0.1, 0.15) is 11.5 Å². The molecule has 1 aliphatic heterocycles. The molecule has 1 aliphatic rings. The molecule has 2 aromatic carbocycles. The number of rotatable bonds is 6. The van der Waals surface area contributed by atoms with Gasteiger partial charge in [0.25, 0.3) is 0 Å². The summed E-state index contributed by atoms with van der Waals surface area (Å²) < 4.78 is 16.6. The molecule has 0 spiro atoms. The summed E-state index contributed by atoms with van der Waals surface area (Å²) in [5.41, 5.74) is 11.1. The molecule has 0 saturated carbocycles. The van der Waals surface area contributed by atoms with Crippen LogP contribution in [0.4, 0.5) is 0 Å². The Hall–Kier alpha value is -2.69. The summed E-state index contributed by atoms with van der Waals surface area (Å²) in [5, 5.41) is 3.77. The van der Waals surface area contributed by atoms with Crippen LogP contribution in [-0.2, 0) is 11.2 Å². The molecule has 3 rings (SSSR count). The Morgan fingerprint density at radius 1 is 1.08 bits per heavy atom. The fourth-order valence-corrected chi connectivity index (χ4v) is 2.83. The second-order valence-electron chi connectivity index (χ2n) is 5.94. The average molecular weight is 339 g/mol. The molecule has 0 amide bonds. The predicted molar refractivity (Wildman–Crippen MR) is 94.8 cm³/mol. The third kappa shape index (κ3) is 4.66. The molecular weight excluding hydrogens is 318 g/mol. The van der Waals surface area contributed by atoms with E-state index in [4.69, 9.17) is 19.7 Å². The maximum atomic E-state index is 8.65. The van der Waals surface area contributed by atoms with Gasteiger partial charge in [0.05, 0.1) is 19.8 Å². The molecule has 0 aliphatic carbocycles. The van der Waals surface area contributed by atoms with Crippen molar-refractivity contribution in [3.05, 3.63) is 70.1 Å². The van der Waals surface area contributed by atoms with Crippen molar-refractivity contribution in [1.82, 2.24) is 0 Å². The van der Waals surface area contributed by atoms with Gasteiger partial charge in [0.2, 0.25) is 6.29 Å². The zero-order valence-electron chi connectivity index (χ0n) is 14.2. The second-order valence-corrected chi connectivity index (χ2v) is 5.94. The largest absolute Gasteiger partial charge is 0.497 e. The fourth-order valence-electron chi connectivity index (χ4n) is 2.83. The van der Waals surface area contributed by atoms with Crippen molar-refractivity contribution < 1.29 is 14.2 Å². The molecule has 2 atom stereocenters. The van der Waals surface area contributed by atoms with Crippen molar-refractivity contribution >= 4 is 0 Å². The third-order valence-electron chi connectivity index (χ3n) is 4.18. The van der Waals surface area contributed by atoms with E-state index in [0.717, 1.165) is 25.0 Å². The standard InChI is InChI=1S/C19H21N3O3/c1-23-16-8-4-14(5-9-16)13-15-6-10-17(11-7-15)25-19-18(21-22-20)3-2-12-24-19/h4-11,18-19H,2-3,12-13H2,1H3. The van der Waals surface area contributed by atoms with Gasteiger partial charge in [-0.1, -0.05) is 29.4 Å². The zero-order valence-corrected chi connectivity index (χ0v) is 14.2. The predicted octanol–water partition coefficient (Wildman–Crippen LogP) is 4.48. The second kappa shape index (κ2) is 8.42. The van der Waals surface area contributed by atoms with Crippen LogP contribution >= 0.6 is 0 Å². The van der Waals surface area contributed by atoms with Crippen molar-refractivity contribution in [3.8, 4) is 11.5 Å². The first-order chi connectivity index (χ1) is 12.3. The number of hydrogen-bond acceptors (Lipinski definition) is 4. The number of hydrogen-bond donors (Lipinski definition) is 0. The van der Waals surface area contributed by atoms with Crippen LogP contribution in [0.2, 0.25) is 0 Å². The van der Waals surface area contributed by atoms with Crippen molar-refractivity contribution in [2.24, 2.45) is 5.11 Å². The Morgan fingerprint density at radius 3 is 2.32 bits per heavy atom. The first-order valence-electron chi connectivity index (χ1n) is 8.33. The van der Waals surface area contributed by atoms with Gasteiger partial charge in [-0.2, -0.15) is 0 Å². The number of methoxy groups -OCH3 is 1. The molecular formula is C19H21N3O3. The lowest BCUT2D eigenvalue weighted by Gasteiger charge is -2.28. The molecule has 0 radical (unpaired) electrons. The van der Waals surface area contributed by atoms with E-state index in [1.54, 1.807) is 7.11 Å². The van der Waals surface area contributed by atoms with Crippen LogP contribution in [0, 0.1) is 0 Å². The van der Waals surface area contributed by atoms with E-state index < -0.39 is 6.29 Å². The highest BCUT2D eigenvalue weighted by molar-refractivity contribution is 5.34. The van der Waals surface area contributed by atoms with Crippen LogP contribution in [0.1, 0.15) is 24.0 Å². The molecule has 130 valence electrons. The highest BCUT2D eigenvalue weighted by atomic mass is 16.7. The maximum Gasteiger partial charge on any atom is 0.208 e. The summed E-state index contributed by atoms with van der Waals surface area (Å²) in [6.45, 7) is 0.623. The molecule has 1 heterocycles. The minimum absolute atomic E-state index is 0.280. The third-order valence-corrected chi connectivity index (χ3v) is 4.18. The van der Waals surface area contributed by atoms with Crippen molar-refractivity contribution in [2.45, 2.75) is 31.6 Å². The van der Waals surface area contributed by atoms with E-state index >= 15 is 0 Å². The van der Waals surface area contributed by atoms with Crippen LogP contribution < -0.4 is 9.47 Å².